The highest BCUT2D eigenvalue weighted by molar-refractivity contribution is 7.10. The average Bonchev–Trinajstić information content (AvgIpc) is 3.29. The Bertz CT molecular complexity index is 965. The van der Waals surface area contributed by atoms with E-state index in [0.29, 0.717) is 12.0 Å². The number of anilines is 2. The van der Waals surface area contributed by atoms with Gasteiger partial charge >= 0.3 is 0 Å². The number of benzene rings is 1. The van der Waals surface area contributed by atoms with Crippen LogP contribution in [0, 0.1) is 0 Å². The summed E-state index contributed by atoms with van der Waals surface area (Å²) in [7, 11) is 0. The Labute approximate surface area is 168 Å². The van der Waals surface area contributed by atoms with E-state index in [4.69, 9.17) is 4.98 Å². The lowest BCUT2D eigenvalue weighted by molar-refractivity contribution is 0.0963. The summed E-state index contributed by atoms with van der Waals surface area (Å²) in [6.07, 6.45) is 3.13. The molecule has 0 saturated carbocycles. The van der Waals surface area contributed by atoms with Crippen LogP contribution < -0.4 is 9.80 Å². The third kappa shape index (κ3) is 3.29. The van der Waals surface area contributed by atoms with E-state index in [1.165, 1.54) is 10.6 Å². The second-order valence-electron chi connectivity index (χ2n) is 7.38. The van der Waals surface area contributed by atoms with E-state index >= 15 is 0 Å². The Kier molecular flexibility index (Phi) is 4.56. The van der Waals surface area contributed by atoms with E-state index in [2.05, 4.69) is 56.6 Å². The lowest BCUT2D eigenvalue weighted by atomic mass is 9.86. The number of rotatable bonds is 3. The smallest absolute Gasteiger partial charge is 0.225 e. The Morgan fingerprint density at radius 2 is 1.71 bits per heavy atom. The van der Waals surface area contributed by atoms with E-state index in [1.807, 2.05) is 6.07 Å². The number of nitrogens with zero attached hydrogens (tertiary/aromatic N) is 4. The highest BCUT2D eigenvalue weighted by atomic mass is 32.1. The summed E-state index contributed by atoms with van der Waals surface area (Å²) in [4.78, 5) is 27.8. The molecule has 2 aliphatic rings. The highest BCUT2D eigenvalue weighted by Crippen LogP contribution is 2.34. The minimum atomic E-state index is 0.167. The van der Waals surface area contributed by atoms with Gasteiger partial charge in [0.25, 0.3) is 0 Å². The molecule has 0 spiro atoms. The molecule has 1 fully saturated rings. The molecule has 1 saturated heterocycles. The van der Waals surface area contributed by atoms with E-state index in [9.17, 15) is 4.79 Å². The summed E-state index contributed by atoms with van der Waals surface area (Å²) in [5.74, 6) is 1.17. The molecule has 0 bridgehead atoms. The Morgan fingerprint density at radius 1 is 0.929 bits per heavy atom. The zero-order valence-electron chi connectivity index (χ0n) is 15.6. The van der Waals surface area contributed by atoms with Crippen molar-refractivity contribution >= 4 is 28.8 Å². The molecule has 3 aromatic rings. The molecule has 6 heteroatoms. The van der Waals surface area contributed by atoms with Crippen LogP contribution in [0.15, 0.2) is 54.0 Å². The third-order valence-corrected chi connectivity index (χ3v) is 6.69. The van der Waals surface area contributed by atoms with Gasteiger partial charge in [0.2, 0.25) is 5.95 Å². The number of thiophene rings is 1. The van der Waals surface area contributed by atoms with Crippen molar-refractivity contribution < 1.29 is 4.79 Å². The quantitative estimate of drug-likeness (QED) is 0.681. The number of piperazine rings is 1. The van der Waals surface area contributed by atoms with Crippen LogP contribution in [0.5, 0.6) is 0 Å². The van der Waals surface area contributed by atoms with Crippen LogP contribution in [0.25, 0.3) is 0 Å². The summed E-state index contributed by atoms with van der Waals surface area (Å²) >= 11 is 1.72. The van der Waals surface area contributed by atoms with Crippen molar-refractivity contribution in [3.63, 3.8) is 0 Å². The van der Waals surface area contributed by atoms with Crippen LogP contribution in [0.4, 0.5) is 11.6 Å². The van der Waals surface area contributed by atoms with Gasteiger partial charge in [-0.3, -0.25) is 4.79 Å². The molecule has 2 aromatic heterocycles. The minimum Gasteiger partial charge on any atom is -0.368 e. The first kappa shape index (κ1) is 17.4. The number of para-hydroxylation sites is 1. The van der Waals surface area contributed by atoms with Crippen molar-refractivity contribution in [2.24, 2.45) is 0 Å². The molecule has 28 heavy (non-hydrogen) atoms. The third-order valence-electron chi connectivity index (χ3n) is 5.66. The molecule has 142 valence electrons. The summed E-state index contributed by atoms with van der Waals surface area (Å²) in [6, 6.07) is 14.7. The maximum absolute atomic E-state index is 12.6. The fourth-order valence-corrected chi connectivity index (χ4v) is 4.95. The molecule has 1 aliphatic heterocycles. The number of hydrogen-bond acceptors (Lipinski definition) is 6. The lowest BCUT2D eigenvalue weighted by Gasteiger charge is -2.36. The van der Waals surface area contributed by atoms with Gasteiger partial charge in [-0.15, -0.1) is 11.3 Å². The van der Waals surface area contributed by atoms with Gasteiger partial charge in [0.05, 0.1) is 11.3 Å². The molecule has 1 aromatic carbocycles. The largest absolute Gasteiger partial charge is 0.368 e. The number of Topliss-reactive ketones (excluding diaryl/α,β-unsaturated/α-hetero) is 1. The van der Waals surface area contributed by atoms with Gasteiger partial charge < -0.3 is 9.80 Å². The number of ketones is 1. The first-order chi connectivity index (χ1) is 13.8. The Morgan fingerprint density at radius 3 is 2.46 bits per heavy atom. The highest BCUT2D eigenvalue weighted by Gasteiger charge is 2.29. The van der Waals surface area contributed by atoms with E-state index < -0.39 is 0 Å². The maximum atomic E-state index is 12.6. The van der Waals surface area contributed by atoms with Crippen molar-refractivity contribution in [2.45, 2.75) is 18.8 Å². The van der Waals surface area contributed by atoms with Gasteiger partial charge in [-0.1, -0.05) is 24.3 Å². The fraction of sp³-hybridized carbons (Fsp3) is 0.318. The molecule has 5 rings (SSSR count). The zero-order chi connectivity index (χ0) is 18.9. The van der Waals surface area contributed by atoms with E-state index in [0.717, 1.165) is 44.2 Å². The lowest BCUT2D eigenvalue weighted by Crippen LogP contribution is -2.47. The van der Waals surface area contributed by atoms with Gasteiger partial charge in [0.1, 0.15) is 0 Å². The Hall–Kier alpha value is -2.73. The second-order valence-corrected chi connectivity index (χ2v) is 8.36. The monoisotopic (exact) mass is 390 g/mol. The molecule has 5 nitrogen and oxygen atoms in total. The summed E-state index contributed by atoms with van der Waals surface area (Å²) in [5.41, 5.74) is 2.88. The summed E-state index contributed by atoms with van der Waals surface area (Å²) in [6.45, 7) is 3.66. The molecule has 0 radical (unpaired) electrons. The number of fused-ring (bicyclic) bond motifs is 1. The molecule has 0 N–H and O–H groups in total. The van der Waals surface area contributed by atoms with Crippen LogP contribution in [0.1, 0.15) is 33.3 Å². The summed E-state index contributed by atoms with van der Waals surface area (Å²) < 4.78 is 0. The first-order valence-corrected chi connectivity index (χ1v) is 10.6. The Balaban J connectivity index is 1.33. The molecule has 1 atom stereocenters. The van der Waals surface area contributed by atoms with Crippen LogP contribution in [0.2, 0.25) is 0 Å². The van der Waals surface area contributed by atoms with Crippen molar-refractivity contribution in [1.82, 2.24) is 9.97 Å². The SMILES string of the molecule is O=C1CC(c2cccs2)Cc2nc(N3CCN(c4ccccc4)CC3)ncc21. The normalized spacial score (nSPS) is 19.6. The number of hydrogen-bond donors (Lipinski definition) is 0. The van der Waals surface area contributed by atoms with Gasteiger partial charge in [0.15, 0.2) is 5.78 Å². The van der Waals surface area contributed by atoms with Crippen LogP contribution in [-0.2, 0) is 6.42 Å². The number of carbonyl (C=O) groups is 1. The van der Waals surface area contributed by atoms with Gasteiger partial charge in [-0.25, -0.2) is 9.97 Å². The average molecular weight is 391 g/mol. The van der Waals surface area contributed by atoms with Crippen molar-refractivity contribution in [1.29, 1.82) is 0 Å². The zero-order valence-corrected chi connectivity index (χ0v) is 16.4. The number of aromatic nitrogens is 2. The molecular formula is C22H22N4OS. The van der Waals surface area contributed by atoms with Crippen molar-refractivity contribution in [2.75, 3.05) is 36.0 Å². The van der Waals surface area contributed by atoms with Crippen LogP contribution in [-0.4, -0.2) is 41.9 Å². The topological polar surface area (TPSA) is 49.3 Å². The summed E-state index contributed by atoms with van der Waals surface area (Å²) in [5, 5.41) is 2.08. The van der Waals surface area contributed by atoms with Gasteiger partial charge in [-0.05, 0) is 30.0 Å². The fourth-order valence-electron chi connectivity index (χ4n) is 4.12. The van der Waals surface area contributed by atoms with Crippen LogP contribution >= 0.6 is 11.3 Å². The van der Waals surface area contributed by atoms with Crippen LogP contribution in [0.3, 0.4) is 0 Å². The van der Waals surface area contributed by atoms with Crippen molar-refractivity contribution in [3.05, 3.63) is 70.2 Å². The van der Waals surface area contributed by atoms with E-state index in [-0.39, 0.29) is 11.7 Å². The van der Waals surface area contributed by atoms with Gasteiger partial charge in [-0.2, -0.15) is 0 Å². The maximum Gasteiger partial charge on any atom is 0.225 e. The molecular weight excluding hydrogens is 368 g/mol. The molecule has 3 heterocycles. The number of carbonyl (C=O) groups excluding carboxylic acids is 1. The molecule has 0 amide bonds. The predicted octanol–water partition coefficient (Wildman–Crippen LogP) is 3.78. The van der Waals surface area contributed by atoms with Crippen molar-refractivity contribution in [3.8, 4) is 0 Å². The van der Waals surface area contributed by atoms with Gasteiger partial charge in [0, 0.05) is 55.3 Å². The molecule has 1 aliphatic carbocycles. The predicted molar refractivity (Wildman–Crippen MR) is 113 cm³/mol. The first-order valence-electron chi connectivity index (χ1n) is 9.75. The minimum absolute atomic E-state index is 0.167. The standard InChI is InChI=1S/C22H22N4OS/c27-20-14-16(21-7-4-12-28-21)13-19-18(20)15-23-22(24-19)26-10-8-25(9-11-26)17-5-2-1-3-6-17/h1-7,12,15-16H,8-11,13-14H2. The van der Waals surface area contributed by atoms with E-state index in [1.54, 1.807) is 17.5 Å². The molecule has 1 unspecified atom stereocenters. The second kappa shape index (κ2) is 7.36.